The summed E-state index contributed by atoms with van der Waals surface area (Å²) in [6, 6.07) is 13.0. The van der Waals surface area contributed by atoms with Gasteiger partial charge in [0, 0.05) is 12.2 Å². The second-order valence-electron chi connectivity index (χ2n) is 8.70. The molecule has 0 unspecified atom stereocenters. The molecular formula is C27H29F3N6O3. The number of ether oxygens (including phenoxy) is 1. The molecule has 3 rings (SSSR count). The van der Waals surface area contributed by atoms with E-state index in [2.05, 4.69) is 31.6 Å². The number of guanidine groups is 2. The number of hydrogen-bond acceptors (Lipinski definition) is 5. The number of rotatable bonds is 7. The van der Waals surface area contributed by atoms with Gasteiger partial charge in [0.25, 0.3) is 11.8 Å². The summed E-state index contributed by atoms with van der Waals surface area (Å²) >= 11 is 0. The SMILES string of the molecule is NC(=NN=C(N)NC(=O)C=Cc1ccccc1C1CCCCC1)NC(=O)C=Cc1cccc(OC(F)(F)F)c1. The maximum absolute atomic E-state index is 12.3. The first-order valence-corrected chi connectivity index (χ1v) is 12.2. The van der Waals surface area contributed by atoms with Crippen LogP contribution >= 0.6 is 0 Å². The molecule has 6 N–H and O–H groups in total. The van der Waals surface area contributed by atoms with Crippen molar-refractivity contribution in [1.82, 2.24) is 10.6 Å². The molecule has 2 aromatic carbocycles. The Labute approximate surface area is 223 Å². The van der Waals surface area contributed by atoms with Gasteiger partial charge in [0.05, 0.1) is 0 Å². The van der Waals surface area contributed by atoms with Crippen LogP contribution in [-0.4, -0.2) is 30.1 Å². The van der Waals surface area contributed by atoms with Crippen molar-refractivity contribution < 1.29 is 27.5 Å². The zero-order chi connectivity index (χ0) is 28.3. The molecule has 0 radical (unpaired) electrons. The molecule has 2 amide bonds. The van der Waals surface area contributed by atoms with E-state index in [1.165, 1.54) is 49.1 Å². The van der Waals surface area contributed by atoms with Crippen LogP contribution in [0.3, 0.4) is 0 Å². The summed E-state index contributed by atoms with van der Waals surface area (Å²) in [4.78, 5) is 24.3. The quantitative estimate of drug-likeness (QED) is 0.180. The van der Waals surface area contributed by atoms with Gasteiger partial charge >= 0.3 is 6.36 Å². The minimum absolute atomic E-state index is 0.279. The van der Waals surface area contributed by atoms with Crippen molar-refractivity contribution in [1.29, 1.82) is 0 Å². The molecule has 0 saturated heterocycles. The summed E-state index contributed by atoms with van der Waals surface area (Å²) in [5, 5.41) is 11.6. The number of benzene rings is 2. The molecule has 0 atom stereocenters. The van der Waals surface area contributed by atoms with Crippen molar-refractivity contribution in [3.63, 3.8) is 0 Å². The summed E-state index contributed by atoms with van der Waals surface area (Å²) in [7, 11) is 0. The maximum Gasteiger partial charge on any atom is 0.573 e. The summed E-state index contributed by atoms with van der Waals surface area (Å²) in [6.07, 6.45) is 6.43. The van der Waals surface area contributed by atoms with Crippen molar-refractivity contribution in [3.05, 3.63) is 77.4 Å². The average molecular weight is 543 g/mol. The molecule has 1 aliphatic carbocycles. The fraction of sp³-hybridized carbons (Fsp3) is 0.259. The number of carbonyl (C=O) groups is 2. The normalized spacial score (nSPS) is 15.5. The van der Waals surface area contributed by atoms with Crippen LogP contribution in [0, 0.1) is 0 Å². The lowest BCUT2D eigenvalue weighted by Crippen LogP contribution is -2.37. The van der Waals surface area contributed by atoms with Gasteiger partial charge in [0.2, 0.25) is 11.9 Å². The standard InChI is InChI=1S/C27H29F3N6O3/c28-27(29,30)39-21-11-6-7-18(17-21)13-15-23(37)33-25(31)35-36-26(32)34-24(38)16-14-20-10-4-5-12-22(20)19-8-2-1-3-9-19/h4-7,10-17,19H,1-3,8-9H2,(H3,31,33,35,37)(H3,32,34,36,38). The third-order valence-electron chi connectivity index (χ3n) is 5.74. The molecule has 9 nitrogen and oxygen atoms in total. The van der Waals surface area contributed by atoms with Crippen LogP contribution in [-0.2, 0) is 9.59 Å². The lowest BCUT2D eigenvalue weighted by molar-refractivity contribution is -0.274. The molecule has 0 spiro atoms. The lowest BCUT2D eigenvalue weighted by atomic mass is 9.82. The predicted octanol–water partition coefficient (Wildman–Crippen LogP) is 4.14. The monoisotopic (exact) mass is 542 g/mol. The van der Waals surface area contributed by atoms with E-state index in [-0.39, 0.29) is 11.5 Å². The zero-order valence-electron chi connectivity index (χ0n) is 20.9. The van der Waals surface area contributed by atoms with E-state index in [1.807, 2.05) is 18.2 Å². The molecule has 39 heavy (non-hydrogen) atoms. The second kappa shape index (κ2) is 13.8. The van der Waals surface area contributed by atoms with Crippen LogP contribution in [0.25, 0.3) is 12.2 Å². The number of nitrogens with two attached hydrogens (primary N) is 2. The second-order valence-corrected chi connectivity index (χ2v) is 8.70. The minimum atomic E-state index is -4.83. The van der Waals surface area contributed by atoms with Crippen LogP contribution in [0.5, 0.6) is 5.75 Å². The molecule has 1 saturated carbocycles. The molecule has 206 valence electrons. The van der Waals surface area contributed by atoms with Gasteiger partial charge in [-0.05, 0) is 59.7 Å². The van der Waals surface area contributed by atoms with Crippen LogP contribution in [0.4, 0.5) is 13.2 Å². The van der Waals surface area contributed by atoms with E-state index in [0.717, 1.165) is 36.6 Å². The highest BCUT2D eigenvalue weighted by atomic mass is 19.4. The van der Waals surface area contributed by atoms with Gasteiger partial charge in [-0.2, -0.15) is 0 Å². The third-order valence-corrected chi connectivity index (χ3v) is 5.74. The van der Waals surface area contributed by atoms with Gasteiger partial charge in [0.1, 0.15) is 5.75 Å². The molecule has 1 aliphatic rings. The number of hydrogen-bond donors (Lipinski definition) is 4. The smallest absolute Gasteiger partial charge is 0.406 e. The number of alkyl halides is 3. The summed E-state index contributed by atoms with van der Waals surface area (Å²) in [5.41, 5.74) is 13.7. The Morgan fingerprint density at radius 2 is 1.49 bits per heavy atom. The Kier molecular flexibility index (Phi) is 10.2. The first-order chi connectivity index (χ1) is 18.6. The Balaban J connectivity index is 1.52. The minimum Gasteiger partial charge on any atom is -0.406 e. The number of halogens is 3. The summed E-state index contributed by atoms with van der Waals surface area (Å²) < 4.78 is 40.8. The third kappa shape index (κ3) is 10.3. The lowest BCUT2D eigenvalue weighted by Gasteiger charge is -2.23. The largest absolute Gasteiger partial charge is 0.573 e. The highest BCUT2D eigenvalue weighted by Crippen LogP contribution is 2.34. The van der Waals surface area contributed by atoms with Crippen molar-refractivity contribution in [2.24, 2.45) is 21.7 Å². The predicted molar refractivity (Wildman–Crippen MR) is 143 cm³/mol. The average Bonchev–Trinajstić information content (AvgIpc) is 2.89. The Morgan fingerprint density at radius 3 is 2.13 bits per heavy atom. The highest BCUT2D eigenvalue weighted by Gasteiger charge is 2.31. The number of nitrogens with one attached hydrogen (secondary N) is 2. The van der Waals surface area contributed by atoms with Crippen LogP contribution in [0.15, 0.2) is 70.9 Å². The van der Waals surface area contributed by atoms with Gasteiger partial charge in [-0.1, -0.05) is 55.7 Å². The van der Waals surface area contributed by atoms with Crippen molar-refractivity contribution in [2.75, 3.05) is 0 Å². The molecule has 0 bridgehead atoms. The van der Waals surface area contributed by atoms with Gasteiger partial charge in [-0.25, -0.2) is 0 Å². The van der Waals surface area contributed by atoms with Gasteiger partial charge in [-0.3, -0.25) is 20.2 Å². The molecule has 0 aliphatic heterocycles. The fourth-order valence-corrected chi connectivity index (χ4v) is 4.09. The van der Waals surface area contributed by atoms with Crippen molar-refractivity contribution in [2.45, 2.75) is 44.4 Å². The summed E-state index contributed by atoms with van der Waals surface area (Å²) in [6.45, 7) is 0. The molecular weight excluding hydrogens is 513 g/mol. The zero-order valence-corrected chi connectivity index (χ0v) is 20.9. The topological polar surface area (TPSA) is 144 Å². The summed E-state index contributed by atoms with van der Waals surface area (Å²) in [5.74, 6) is -1.97. The van der Waals surface area contributed by atoms with E-state index in [1.54, 1.807) is 6.08 Å². The fourth-order valence-electron chi connectivity index (χ4n) is 4.09. The molecule has 12 heteroatoms. The molecule has 0 aromatic heterocycles. The van der Waals surface area contributed by atoms with Gasteiger partial charge in [0.15, 0.2) is 0 Å². The van der Waals surface area contributed by atoms with E-state index in [9.17, 15) is 22.8 Å². The first-order valence-electron chi connectivity index (χ1n) is 12.2. The molecule has 0 heterocycles. The van der Waals surface area contributed by atoms with Gasteiger partial charge in [-0.15, -0.1) is 23.4 Å². The number of nitrogens with zero attached hydrogens (tertiary/aromatic N) is 2. The van der Waals surface area contributed by atoms with Gasteiger partial charge < -0.3 is 16.2 Å². The highest BCUT2D eigenvalue weighted by molar-refractivity contribution is 6.05. The van der Waals surface area contributed by atoms with Crippen molar-refractivity contribution in [3.8, 4) is 5.75 Å². The Hall–Kier alpha value is -4.61. The van der Waals surface area contributed by atoms with E-state index >= 15 is 0 Å². The van der Waals surface area contributed by atoms with E-state index in [0.29, 0.717) is 5.92 Å². The first kappa shape index (κ1) is 29.0. The maximum atomic E-state index is 12.3. The van der Waals surface area contributed by atoms with Crippen LogP contribution in [0.2, 0.25) is 0 Å². The Morgan fingerprint density at radius 1 is 0.872 bits per heavy atom. The van der Waals surface area contributed by atoms with Crippen LogP contribution in [0.1, 0.15) is 54.7 Å². The molecule has 1 fully saturated rings. The van der Waals surface area contributed by atoms with E-state index < -0.39 is 29.9 Å². The van der Waals surface area contributed by atoms with Crippen LogP contribution < -0.4 is 26.8 Å². The Bertz CT molecular complexity index is 1280. The molecule has 2 aromatic rings. The van der Waals surface area contributed by atoms with E-state index in [4.69, 9.17) is 11.5 Å². The van der Waals surface area contributed by atoms with Crippen molar-refractivity contribution >= 4 is 35.9 Å². The number of carbonyl (C=O) groups excluding carboxylic acids is 2. The number of amides is 2.